The largest absolute Gasteiger partial charge is 0.370 e. The van der Waals surface area contributed by atoms with E-state index in [4.69, 9.17) is 4.98 Å². The van der Waals surface area contributed by atoms with Gasteiger partial charge in [0.05, 0.1) is 0 Å². The molecule has 0 fully saturated rings. The van der Waals surface area contributed by atoms with E-state index in [0.717, 1.165) is 31.9 Å². The van der Waals surface area contributed by atoms with E-state index in [1.165, 1.54) is 49.8 Å². The second kappa shape index (κ2) is 8.16. The summed E-state index contributed by atoms with van der Waals surface area (Å²) in [7, 11) is 0. The van der Waals surface area contributed by atoms with Crippen molar-refractivity contribution in [2.75, 3.05) is 25.0 Å². The predicted octanol–water partition coefficient (Wildman–Crippen LogP) is 3.15. The summed E-state index contributed by atoms with van der Waals surface area (Å²) in [6.07, 6.45) is 8.55. The van der Waals surface area contributed by atoms with Crippen LogP contribution in [0, 0.1) is 0 Å². The van der Waals surface area contributed by atoms with Crippen LogP contribution in [0.15, 0.2) is 12.1 Å². The van der Waals surface area contributed by atoms with Crippen molar-refractivity contribution in [3.63, 3.8) is 0 Å². The average molecular weight is 261 g/mol. The number of fused-ring (bicyclic) bond motifs is 1. The first kappa shape index (κ1) is 14.3. The van der Waals surface area contributed by atoms with Gasteiger partial charge in [0.25, 0.3) is 0 Å². The van der Waals surface area contributed by atoms with Gasteiger partial charge in [-0.25, -0.2) is 4.98 Å². The van der Waals surface area contributed by atoms with Gasteiger partial charge in [-0.2, -0.15) is 0 Å². The molecule has 0 amide bonds. The Morgan fingerprint density at radius 1 is 1.21 bits per heavy atom. The van der Waals surface area contributed by atoms with E-state index >= 15 is 0 Å². The van der Waals surface area contributed by atoms with Crippen molar-refractivity contribution in [2.45, 2.75) is 51.9 Å². The third-order valence-corrected chi connectivity index (χ3v) is 3.70. The van der Waals surface area contributed by atoms with Gasteiger partial charge >= 0.3 is 0 Å². The fourth-order valence-corrected chi connectivity index (χ4v) is 2.49. The minimum absolute atomic E-state index is 1.07. The van der Waals surface area contributed by atoms with Gasteiger partial charge < -0.3 is 10.6 Å². The van der Waals surface area contributed by atoms with Crippen LogP contribution in [0.2, 0.25) is 0 Å². The van der Waals surface area contributed by atoms with Crippen molar-refractivity contribution < 1.29 is 0 Å². The van der Waals surface area contributed by atoms with Crippen LogP contribution in [0.3, 0.4) is 0 Å². The van der Waals surface area contributed by atoms with Gasteiger partial charge in [0, 0.05) is 12.2 Å². The van der Waals surface area contributed by atoms with Crippen molar-refractivity contribution in [3.8, 4) is 0 Å². The topological polar surface area (TPSA) is 37.0 Å². The maximum Gasteiger partial charge on any atom is 0.129 e. The Morgan fingerprint density at radius 2 is 2.11 bits per heavy atom. The standard InChI is InChI=1S/C16H27N3/c1-2-3-11-17-12-5-4-8-15-10-9-14-7-6-13-18-16(14)19-15/h9-10,17H,2-8,11-13H2,1H3,(H,18,19). The van der Waals surface area contributed by atoms with E-state index in [0.29, 0.717) is 0 Å². The number of pyridine rings is 1. The third-order valence-electron chi connectivity index (χ3n) is 3.70. The van der Waals surface area contributed by atoms with Gasteiger partial charge in [0.2, 0.25) is 0 Å². The molecule has 3 heteroatoms. The molecule has 0 aromatic carbocycles. The van der Waals surface area contributed by atoms with Crippen LogP contribution in [0.25, 0.3) is 0 Å². The molecule has 0 radical (unpaired) electrons. The highest BCUT2D eigenvalue weighted by atomic mass is 15.0. The normalized spacial score (nSPS) is 13.9. The van der Waals surface area contributed by atoms with Gasteiger partial charge in [-0.1, -0.05) is 19.4 Å². The van der Waals surface area contributed by atoms with Crippen LogP contribution in [0.4, 0.5) is 5.82 Å². The van der Waals surface area contributed by atoms with E-state index in [1.54, 1.807) is 0 Å². The maximum atomic E-state index is 4.73. The molecular formula is C16H27N3. The zero-order valence-electron chi connectivity index (χ0n) is 12.2. The van der Waals surface area contributed by atoms with Crippen molar-refractivity contribution >= 4 is 5.82 Å². The first-order valence-corrected chi connectivity index (χ1v) is 7.83. The van der Waals surface area contributed by atoms with Gasteiger partial charge in [-0.15, -0.1) is 0 Å². The lowest BCUT2D eigenvalue weighted by molar-refractivity contribution is 0.597. The lowest BCUT2D eigenvalue weighted by Crippen LogP contribution is -2.16. The number of hydrogen-bond donors (Lipinski definition) is 2. The molecule has 0 unspecified atom stereocenters. The second-order valence-electron chi connectivity index (χ2n) is 5.40. The van der Waals surface area contributed by atoms with E-state index in [2.05, 4.69) is 29.7 Å². The highest BCUT2D eigenvalue weighted by Crippen LogP contribution is 2.20. The number of nitrogens with zero attached hydrogens (tertiary/aromatic N) is 1. The maximum absolute atomic E-state index is 4.73. The molecule has 1 aromatic rings. The van der Waals surface area contributed by atoms with Gasteiger partial charge in [-0.05, 0) is 63.2 Å². The Kier molecular flexibility index (Phi) is 6.15. The summed E-state index contributed by atoms with van der Waals surface area (Å²) in [5.41, 5.74) is 2.62. The number of aromatic nitrogens is 1. The molecule has 0 saturated heterocycles. The van der Waals surface area contributed by atoms with Crippen LogP contribution < -0.4 is 10.6 Å². The Labute approximate surface area is 117 Å². The zero-order chi connectivity index (χ0) is 13.3. The van der Waals surface area contributed by atoms with Crippen LogP contribution >= 0.6 is 0 Å². The van der Waals surface area contributed by atoms with E-state index in [9.17, 15) is 0 Å². The van der Waals surface area contributed by atoms with Crippen LogP contribution in [-0.4, -0.2) is 24.6 Å². The number of rotatable bonds is 8. The second-order valence-corrected chi connectivity index (χ2v) is 5.40. The fourth-order valence-electron chi connectivity index (χ4n) is 2.49. The lowest BCUT2D eigenvalue weighted by Gasteiger charge is -2.17. The molecule has 2 rings (SSSR count). The van der Waals surface area contributed by atoms with Crippen LogP contribution in [-0.2, 0) is 12.8 Å². The molecule has 0 bridgehead atoms. The molecule has 106 valence electrons. The van der Waals surface area contributed by atoms with Crippen LogP contribution in [0.5, 0.6) is 0 Å². The summed E-state index contributed by atoms with van der Waals surface area (Å²) in [4.78, 5) is 4.73. The zero-order valence-corrected chi connectivity index (χ0v) is 12.2. The summed E-state index contributed by atoms with van der Waals surface area (Å²) in [5, 5.41) is 6.89. The van der Waals surface area contributed by atoms with E-state index in [1.807, 2.05) is 0 Å². The highest BCUT2D eigenvalue weighted by Gasteiger charge is 2.09. The summed E-state index contributed by atoms with van der Waals surface area (Å²) in [5.74, 6) is 1.13. The van der Waals surface area contributed by atoms with Gasteiger partial charge in [-0.3, -0.25) is 0 Å². The molecule has 2 N–H and O–H groups in total. The quantitative estimate of drug-likeness (QED) is 0.706. The Balaban J connectivity index is 1.66. The van der Waals surface area contributed by atoms with Crippen LogP contribution in [0.1, 0.15) is 50.3 Å². The first-order valence-electron chi connectivity index (χ1n) is 7.83. The summed E-state index contributed by atoms with van der Waals surface area (Å²) < 4.78 is 0. The molecule has 1 aromatic heterocycles. The predicted molar refractivity (Wildman–Crippen MR) is 81.8 cm³/mol. The molecule has 0 aliphatic carbocycles. The van der Waals surface area contributed by atoms with Crippen molar-refractivity contribution in [2.24, 2.45) is 0 Å². The smallest absolute Gasteiger partial charge is 0.129 e. The molecule has 1 aliphatic heterocycles. The Bertz CT molecular complexity index is 376. The minimum atomic E-state index is 1.07. The third kappa shape index (κ3) is 4.83. The number of aryl methyl sites for hydroxylation is 2. The summed E-state index contributed by atoms with van der Waals surface area (Å²) >= 11 is 0. The van der Waals surface area contributed by atoms with E-state index in [-0.39, 0.29) is 0 Å². The SMILES string of the molecule is CCCCNCCCCc1ccc2c(n1)NCCC2. The highest BCUT2D eigenvalue weighted by molar-refractivity contribution is 5.46. The molecular weight excluding hydrogens is 234 g/mol. The van der Waals surface area contributed by atoms with Gasteiger partial charge in [0.15, 0.2) is 0 Å². The Hall–Kier alpha value is -1.09. The molecule has 2 heterocycles. The number of anilines is 1. The monoisotopic (exact) mass is 261 g/mol. The van der Waals surface area contributed by atoms with Crippen molar-refractivity contribution in [1.82, 2.24) is 10.3 Å². The number of hydrogen-bond acceptors (Lipinski definition) is 3. The van der Waals surface area contributed by atoms with Crippen molar-refractivity contribution in [3.05, 3.63) is 23.4 Å². The number of nitrogens with one attached hydrogen (secondary N) is 2. The molecule has 0 spiro atoms. The van der Waals surface area contributed by atoms with Gasteiger partial charge in [0.1, 0.15) is 5.82 Å². The lowest BCUT2D eigenvalue weighted by atomic mass is 10.1. The Morgan fingerprint density at radius 3 is 3.00 bits per heavy atom. The summed E-state index contributed by atoms with van der Waals surface area (Å²) in [6, 6.07) is 4.46. The average Bonchev–Trinajstić information content (AvgIpc) is 2.46. The fraction of sp³-hybridized carbons (Fsp3) is 0.688. The van der Waals surface area contributed by atoms with Crippen molar-refractivity contribution in [1.29, 1.82) is 0 Å². The molecule has 19 heavy (non-hydrogen) atoms. The first-order chi connectivity index (χ1) is 9.40. The molecule has 0 saturated carbocycles. The number of unbranched alkanes of at least 4 members (excludes halogenated alkanes) is 2. The minimum Gasteiger partial charge on any atom is -0.370 e. The molecule has 1 aliphatic rings. The summed E-state index contributed by atoms with van der Waals surface area (Å²) in [6.45, 7) is 5.61. The molecule has 0 atom stereocenters. The molecule has 3 nitrogen and oxygen atoms in total. The van der Waals surface area contributed by atoms with E-state index < -0.39 is 0 Å².